The molecule has 0 fully saturated rings. The van der Waals surface area contributed by atoms with Crippen LogP contribution in [0.4, 0.5) is 0 Å². The minimum absolute atomic E-state index is 0.551. The van der Waals surface area contributed by atoms with Gasteiger partial charge in [0.25, 0.3) is 0 Å². The summed E-state index contributed by atoms with van der Waals surface area (Å²) in [4.78, 5) is 0. The summed E-state index contributed by atoms with van der Waals surface area (Å²) < 4.78 is 0. The summed E-state index contributed by atoms with van der Waals surface area (Å²) in [7, 11) is 0. The zero-order valence-corrected chi connectivity index (χ0v) is 8.56. The van der Waals surface area contributed by atoms with Gasteiger partial charge in [-0.3, -0.25) is 0 Å². The van der Waals surface area contributed by atoms with Crippen LogP contribution in [0.25, 0.3) is 0 Å². The van der Waals surface area contributed by atoms with E-state index in [-0.39, 0.29) is 0 Å². The van der Waals surface area contributed by atoms with Crippen molar-refractivity contribution in [3.63, 3.8) is 0 Å². The molecule has 0 aliphatic heterocycles. The maximum atomic E-state index is 3.69. The highest BCUT2D eigenvalue weighted by molar-refractivity contribution is 5.05. The number of hydrogen-bond donors (Lipinski definition) is 1. The van der Waals surface area contributed by atoms with Crippen LogP contribution in [0.5, 0.6) is 0 Å². The predicted molar refractivity (Wildman–Crippen MR) is 56.3 cm³/mol. The van der Waals surface area contributed by atoms with E-state index in [0.29, 0.717) is 6.04 Å². The monoisotopic (exact) mass is 167 g/mol. The highest BCUT2D eigenvalue weighted by Gasteiger charge is 2.04. The highest BCUT2D eigenvalue weighted by Crippen LogP contribution is 2.04. The van der Waals surface area contributed by atoms with E-state index in [0.717, 1.165) is 19.4 Å². The van der Waals surface area contributed by atoms with E-state index in [4.69, 9.17) is 0 Å². The second-order valence-corrected chi connectivity index (χ2v) is 3.03. The van der Waals surface area contributed by atoms with Crippen molar-refractivity contribution >= 4 is 0 Å². The second kappa shape index (κ2) is 7.11. The summed E-state index contributed by atoms with van der Waals surface area (Å²) in [5, 5.41) is 3.48. The fraction of sp³-hybridized carbons (Fsp3) is 0.636. The summed E-state index contributed by atoms with van der Waals surface area (Å²) in [5.74, 6) is 0. The fourth-order valence-electron chi connectivity index (χ4n) is 1.19. The maximum absolute atomic E-state index is 3.69. The first-order valence-corrected chi connectivity index (χ1v) is 4.73. The Balaban J connectivity index is 3.75. The molecular weight excluding hydrogens is 146 g/mol. The molecule has 0 radical (unpaired) electrons. The van der Waals surface area contributed by atoms with Gasteiger partial charge in [0.05, 0.1) is 0 Å². The lowest BCUT2D eigenvalue weighted by Crippen LogP contribution is -2.30. The first-order chi connectivity index (χ1) is 5.76. The van der Waals surface area contributed by atoms with Gasteiger partial charge in [-0.1, -0.05) is 24.6 Å². The van der Waals surface area contributed by atoms with E-state index in [2.05, 4.69) is 38.7 Å². The van der Waals surface area contributed by atoms with E-state index >= 15 is 0 Å². The van der Waals surface area contributed by atoms with Crippen molar-refractivity contribution in [2.24, 2.45) is 0 Å². The maximum Gasteiger partial charge on any atom is 0.0274 e. The van der Waals surface area contributed by atoms with Gasteiger partial charge in [0.15, 0.2) is 0 Å². The lowest BCUT2D eigenvalue weighted by molar-refractivity contribution is 0.560. The molecule has 0 aliphatic carbocycles. The molecule has 0 aliphatic rings. The Labute approximate surface area is 76.6 Å². The van der Waals surface area contributed by atoms with Crippen LogP contribution in [0, 0.1) is 0 Å². The van der Waals surface area contributed by atoms with Crippen LogP contribution < -0.4 is 5.32 Å². The average Bonchev–Trinajstić information content (AvgIpc) is 2.11. The number of rotatable bonds is 6. The molecule has 0 aromatic carbocycles. The van der Waals surface area contributed by atoms with Crippen molar-refractivity contribution < 1.29 is 0 Å². The molecule has 0 unspecified atom stereocenters. The quantitative estimate of drug-likeness (QED) is 0.474. The molecule has 1 N–H and O–H groups in total. The summed E-state index contributed by atoms with van der Waals surface area (Å²) in [6.45, 7) is 11.2. The number of nitrogens with one attached hydrogen (secondary N) is 1. The Morgan fingerprint density at radius 1 is 1.58 bits per heavy atom. The van der Waals surface area contributed by atoms with E-state index in [1.165, 1.54) is 5.57 Å². The minimum atomic E-state index is 0.551. The second-order valence-electron chi connectivity index (χ2n) is 3.03. The summed E-state index contributed by atoms with van der Waals surface area (Å²) in [6.07, 6.45) is 6.33. The first kappa shape index (κ1) is 11.4. The Morgan fingerprint density at radius 3 is 2.67 bits per heavy atom. The molecule has 1 nitrogen and oxygen atoms in total. The van der Waals surface area contributed by atoms with Crippen molar-refractivity contribution in [3.05, 3.63) is 24.3 Å². The van der Waals surface area contributed by atoms with Crippen molar-refractivity contribution in [3.8, 4) is 0 Å². The summed E-state index contributed by atoms with van der Waals surface area (Å²) in [5.41, 5.74) is 1.43. The van der Waals surface area contributed by atoms with Crippen LogP contribution in [0.1, 0.15) is 33.6 Å². The molecule has 12 heavy (non-hydrogen) atoms. The van der Waals surface area contributed by atoms with Crippen molar-refractivity contribution in [1.29, 1.82) is 0 Å². The smallest absolute Gasteiger partial charge is 0.0274 e. The zero-order valence-electron chi connectivity index (χ0n) is 8.56. The fourth-order valence-corrected chi connectivity index (χ4v) is 1.19. The van der Waals surface area contributed by atoms with E-state index in [1.54, 1.807) is 0 Å². The van der Waals surface area contributed by atoms with E-state index in [1.807, 2.05) is 6.08 Å². The first-order valence-electron chi connectivity index (χ1n) is 4.73. The van der Waals surface area contributed by atoms with Crippen LogP contribution in [-0.4, -0.2) is 12.6 Å². The minimum Gasteiger partial charge on any atom is -0.310 e. The lowest BCUT2D eigenvalue weighted by atomic mass is 10.1. The summed E-state index contributed by atoms with van der Waals surface area (Å²) in [6, 6.07) is 0.551. The molecule has 0 heterocycles. The lowest BCUT2D eigenvalue weighted by Gasteiger charge is -2.16. The Bertz CT molecular complexity index is 147. The van der Waals surface area contributed by atoms with Crippen molar-refractivity contribution in [1.82, 2.24) is 5.32 Å². The molecule has 0 spiro atoms. The standard InChI is InChI=1S/C11H21N/c1-5-8-9-12-11(7-3)10(4)6-2/h5-6,11-12H,1,7-9H2,2-4H3/b10-6+/t11-/m1/s1. The normalized spacial score (nSPS) is 14.4. The third kappa shape index (κ3) is 4.35. The molecule has 0 amide bonds. The van der Waals surface area contributed by atoms with Crippen LogP contribution in [0.3, 0.4) is 0 Å². The van der Waals surface area contributed by atoms with Crippen LogP contribution in [0.15, 0.2) is 24.3 Å². The van der Waals surface area contributed by atoms with Gasteiger partial charge >= 0.3 is 0 Å². The molecule has 0 aromatic rings. The van der Waals surface area contributed by atoms with Gasteiger partial charge in [-0.15, -0.1) is 6.58 Å². The van der Waals surface area contributed by atoms with E-state index < -0.39 is 0 Å². The van der Waals surface area contributed by atoms with Crippen molar-refractivity contribution in [2.75, 3.05) is 6.54 Å². The molecule has 0 saturated carbocycles. The van der Waals surface area contributed by atoms with Gasteiger partial charge < -0.3 is 5.32 Å². The Morgan fingerprint density at radius 2 is 2.25 bits per heavy atom. The molecule has 0 bridgehead atoms. The number of hydrogen-bond acceptors (Lipinski definition) is 1. The van der Waals surface area contributed by atoms with Gasteiger partial charge in [-0.25, -0.2) is 0 Å². The van der Waals surface area contributed by atoms with Crippen LogP contribution in [0.2, 0.25) is 0 Å². The van der Waals surface area contributed by atoms with E-state index in [9.17, 15) is 0 Å². The van der Waals surface area contributed by atoms with Crippen LogP contribution >= 0.6 is 0 Å². The molecule has 1 heteroatoms. The van der Waals surface area contributed by atoms with Gasteiger partial charge in [-0.05, 0) is 33.2 Å². The van der Waals surface area contributed by atoms with Gasteiger partial charge in [0.1, 0.15) is 0 Å². The highest BCUT2D eigenvalue weighted by atomic mass is 14.9. The number of allylic oxidation sites excluding steroid dienone is 1. The van der Waals surface area contributed by atoms with Gasteiger partial charge in [0, 0.05) is 6.04 Å². The van der Waals surface area contributed by atoms with Gasteiger partial charge in [-0.2, -0.15) is 0 Å². The largest absolute Gasteiger partial charge is 0.310 e. The average molecular weight is 167 g/mol. The Kier molecular flexibility index (Phi) is 6.78. The van der Waals surface area contributed by atoms with Crippen LogP contribution in [-0.2, 0) is 0 Å². The molecule has 0 saturated heterocycles. The zero-order chi connectivity index (χ0) is 9.40. The predicted octanol–water partition coefficient (Wildman–Crippen LogP) is 2.90. The van der Waals surface area contributed by atoms with Crippen molar-refractivity contribution in [2.45, 2.75) is 39.7 Å². The molecule has 70 valence electrons. The molecular formula is C11H21N. The van der Waals surface area contributed by atoms with Gasteiger partial charge in [0.2, 0.25) is 0 Å². The molecule has 1 atom stereocenters. The topological polar surface area (TPSA) is 12.0 Å². The summed E-state index contributed by atoms with van der Waals surface area (Å²) >= 11 is 0. The third-order valence-electron chi connectivity index (χ3n) is 2.15. The molecule has 0 aromatic heterocycles. The third-order valence-corrected chi connectivity index (χ3v) is 2.15. The Hall–Kier alpha value is -0.560. The SMILES string of the molecule is C=CCCN[C@H](CC)/C(C)=C/C. The molecule has 0 rings (SSSR count).